The van der Waals surface area contributed by atoms with Crippen molar-refractivity contribution >= 4 is 5.78 Å². The summed E-state index contributed by atoms with van der Waals surface area (Å²) in [5.41, 5.74) is 4.22. The fourth-order valence-corrected chi connectivity index (χ4v) is 2.25. The molecule has 0 atom stereocenters. The number of hydrogen-bond donors (Lipinski definition) is 0. The second kappa shape index (κ2) is 5.82. The van der Waals surface area contributed by atoms with Crippen LogP contribution in [0.25, 0.3) is 0 Å². The van der Waals surface area contributed by atoms with Crippen LogP contribution in [0.2, 0.25) is 0 Å². The zero-order valence-electron chi connectivity index (χ0n) is 12.2. The SMILES string of the molecule is COc1c(C)cnc(CC(=O)c2cnccc2C)c1C. The number of aromatic nitrogens is 2. The Morgan fingerprint density at radius 1 is 1.20 bits per heavy atom. The third-order valence-electron chi connectivity index (χ3n) is 3.42. The van der Waals surface area contributed by atoms with Crippen LogP contribution in [0.3, 0.4) is 0 Å². The van der Waals surface area contributed by atoms with Crippen LogP contribution in [0.4, 0.5) is 0 Å². The maximum atomic E-state index is 12.4. The number of carbonyl (C=O) groups excluding carboxylic acids is 1. The molecule has 0 amide bonds. The van der Waals surface area contributed by atoms with E-state index in [1.807, 2.05) is 26.8 Å². The zero-order valence-corrected chi connectivity index (χ0v) is 12.2. The normalized spacial score (nSPS) is 10.4. The van der Waals surface area contributed by atoms with Gasteiger partial charge < -0.3 is 4.74 Å². The van der Waals surface area contributed by atoms with Crippen LogP contribution in [-0.4, -0.2) is 22.9 Å². The van der Waals surface area contributed by atoms with E-state index in [0.717, 1.165) is 28.1 Å². The molecule has 0 radical (unpaired) electrons. The summed E-state index contributed by atoms with van der Waals surface area (Å²) in [4.78, 5) is 20.7. The van der Waals surface area contributed by atoms with Gasteiger partial charge in [0.1, 0.15) is 5.75 Å². The minimum absolute atomic E-state index is 0.0251. The zero-order chi connectivity index (χ0) is 14.7. The molecule has 4 nitrogen and oxygen atoms in total. The van der Waals surface area contributed by atoms with Crippen molar-refractivity contribution in [2.45, 2.75) is 27.2 Å². The molecule has 104 valence electrons. The molecule has 0 saturated carbocycles. The molecule has 2 heterocycles. The first-order valence-electron chi connectivity index (χ1n) is 6.47. The minimum Gasteiger partial charge on any atom is -0.496 e. The highest BCUT2D eigenvalue weighted by Crippen LogP contribution is 2.24. The summed E-state index contributed by atoms with van der Waals surface area (Å²) in [6, 6.07) is 1.84. The Kier molecular flexibility index (Phi) is 4.13. The van der Waals surface area contributed by atoms with Crippen molar-refractivity contribution in [1.29, 1.82) is 0 Å². The first-order chi connectivity index (χ1) is 9.54. The Hall–Kier alpha value is -2.23. The molecule has 0 fully saturated rings. The third kappa shape index (κ3) is 2.69. The smallest absolute Gasteiger partial charge is 0.170 e. The minimum atomic E-state index is 0.0251. The van der Waals surface area contributed by atoms with E-state index in [1.54, 1.807) is 25.7 Å². The molecule has 0 aromatic carbocycles. The third-order valence-corrected chi connectivity index (χ3v) is 3.42. The Bertz CT molecular complexity index is 651. The second-order valence-corrected chi connectivity index (χ2v) is 4.84. The standard InChI is InChI=1S/C16H18N2O2/c1-10-5-6-17-9-13(10)15(19)7-14-12(3)16(20-4)11(2)8-18-14/h5-6,8-9H,7H2,1-4H3. The van der Waals surface area contributed by atoms with Crippen LogP contribution in [0, 0.1) is 20.8 Å². The monoisotopic (exact) mass is 270 g/mol. The van der Waals surface area contributed by atoms with Crippen LogP contribution in [-0.2, 0) is 6.42 Å². The highest BCUT2D eigenvalue weighted by Gasteiger charge is 2.15. The van der Waals surface area contributed by atoms with Crippen molar-refractivity contribution in [2.75, 3.05) is 7.11 Å². The van der Waals surface area contributed by atoms with Crippen LogP contribution in [0.15, 0.2) is 24.7 Å². The quantitative estimate of drug-likeness (QED) is 0.802. The average Bonchev–Trinajstić information content (AvgIpc) is 2.43. The Labute approximate surface area is 118 Å². The first-order valence-corrected chi connectivity index (χ1v) is 6.47. The Balaban J connectivity index is 2.32. The molecule has 0 aliphatic carbocycles. The number of Topliss-reactive ketones (excluding diaryl/α,β-unsaturated/α-hetero) is 1. The van der Waals surface area contributed by atoms with Gasteiger partial charge in [-0.25, -0.2) is 0 Å². The van der Waals surface area contributed by atoms with E-state index in [2.05, 4.69) is 9.97 Å². The highest BCUT2D eigenvalue weighted by molar-refractivity contribution is 5.98. The predicted molar refractivity (Wildman–Crippen MR) is 77.3 cm³/mol. The number of nitrogens with zero attached hydrogens (tertiary/aromatic N) is 2. The maximum absolute atomic E-state index is 12.4. The number of ketones is 1. The van der Waals surface area contributed by atoms with E-state index in [9.17, 15) is 4.79 Å². The molecular formula is C16H18N2O2. The van der Waals surface area contributed by atoms with E-state index in [1.165, 1.54) is 0 Å². The van der Waals surface area contributed by atoms with E-state index >= 15 is 0 Å². The lowest BCUT2D eigenvalue weighted by Gasteiger charge is -2.12. The second-order valence-electron chi connectivity index (χ2n) is 4.84. The predicted octanol–water partition coefficient (Wildman–Crippen LogP) is 2.84. The number of pyridine rings is 2. The van der Waals surface area contributed by atoms with Crippen molar-refractivity contribution < 1.29 is 9.53 Å². The van der Waals surface area contributed by atoms with Gasteiger partial charge in [-0.3, -0.25) is 14.8 Å². The van der Waals surface area contributed by atoms with Crippen molar-refractivity contribution in [1.82, 2.24) is 9.97 Å². The van der Waals surface area contributed by atoms with Crippen molar-refractivity contribution in [2.24, 2.45) is 0 Å². The summed E-state index contributed by atoms with van der Waals surface area (Å²) in [5, 5.41) is 0. The molecule has 0 spiro atoms. The lowest BCUT2D eigenvalue weighted by molar-refractivity contribution is 0.0990. The molecule has 4 heteroatoms. The molecule has 2 aromatic heterocycles. The van der Waals surface area contributed by atoms with E-state index in [0.29, 0.717) is 5.56 Å². The van der Waals surface area contributed by atoms with Gasteiger partial charge in [0.2, 0.25) is 0 Å². The number of ether oxygens (including phenoxy) is 1. The van der Waals surface area contributed by atoms with Gasteiger partial charge in [0.25, 0.3) is 0 Å². The topological polar surface area (TPSA) is 52.1 Å². The summed E-state index contributed by atoms with van der Waals surface area (Å²) in [7, 11) is 1.63. The number of aryl methyl sites for hydroxylation is 2. The summed E-state index contributed by atoms with van der Waals surface area (Å²) < 4.78 is 5.36. The average molecular weight is 270 g/mol. The summed E-state index contributed by atoms with van der Waals surface area (Å²) >= 11 is 0. The number of hydrogen-bond acceptors (Lipinski definition) is 4. The molecule has 0 saturated heterocycles. The van der Waals surface area contributed by atoms with E-state index in [-0.39, 0.29) is 12.2 Å². The summed E-state index contributed by atoms with van der Waals surface area (Å²) in [6.07, 6.45) is 5.29. The molecule has 0 bridgehead atoms. The van der Waals surface area contributed by atoms with Gasteiger partial charge in [-0.15, -0.1) is 0 Å². The lowest BCUT2D eigenvalue weighted by atomic mass is 10.0. The number of carbonyl (C=O) groups is 1. The molecule has 2 aromatic rings. The van der Waals surface area contributed by atoms with Gasteiger partial charge in [0, 0.05) is 35.3 Å². The van der Waals surface area contributed by atoms with Gasteiger partial charge in [0.15, 0.2) is 5.78 Å². The number of methoxy groups -OCH3 is 1. The Morgan fingerprint density at radius 3 is 2.60 bits per heavy atom. The number of rotatable bonds is 4. The molecule has 0 N–H and O–H groups in total. The van der Waals surface area contributed by atoms with Crippen LogP contribution in [0.5, 0.6) is 5.75 Å². The van der Waals surface area contributed by atoms with Crippen LogP contribution < -0.4 is 4.74 Å². The molecule has 0 unspecified atom stereocenters. The largest absolute Gasteiger partial charge is 0.496 e. The van der Waals surface area contributed by atoms with Gasteiger partial charge in [-0.2, -0.15) is 0 Å². The van der Waals surface area contributed by atoms with E-state index < -0.39 is 0 Å². The van der Waals surface area contributed by atoms with Gasteiger partial charge in [-0.05, 0) is 32.4 Å². The van der Waals surface area contributed by atoms with Crippen LogP contribution >= 0.6 is 0 Å². The van der Waals surface area contributed by atoms with Crippen molar-refractivity contribution in [3.8, 4) is 5.75 Å². The molecule has 0 aliphatic rings. The summed E-state index contributed by atoms with van der Waals surface area (Å²) in [6.45, 7) is 5.78. The van der Waals surface area contributed by atoms with Gasteiger partial charge in [0.05, 0.1) is 19.2 Å². The lowest BCUT2D eigenvalue weighted by Crippen LogP contribution is -2.10. The van der Waals surface area contributed by atoms with Crippen molar-refractivity contribution in [3.05, 3.63) is 52.6 Å². The first kappa shape index (κ1) is 14.2. The maximum Gasteiger partial charge on any atom is 0.170 e. The fourth-order valence-electron chi connectivity index (χ4n) is 2.25. The fraction of sp³-hybridized carbons (Fsp3) is 0.312. The molecular weight excluding hydrogens is 252 g/mol. The van der Waals surface area contributed by atoms with Gasteiger partial charge in [-0.1, -0.05) is 0 Å². The van der Waals surface area contributed by atoms with Crippen LogP contribution in [0.1, 0.15) is 32.7 Å². The Morgan fingerprint density at radius 2 is 1.95 bits per heavy atom. The molecule has 0 aliphatic heterocycles. The van der Waals surface area contributed by atoms with Gasteiger partial charge >= 0.3 is 0 Å². The highest BCUT2D eigenvalue weighted by atomic mass is 16.5. The molecule has 20 heavy (non-hydrogen) atoms. The van der Waals surface area contributed by atoms with Crippen molar-refractivity contribution in [3.63, 3.8) is 0 Å². The van der Waals surface area contributed by atoms with E-state index in [4.69, 9.17) is 4.74 Å². The summed E-state index contributed by atoms with van der Waals surface area (Å²) in [5.74, 6) is 0.822. The molecule has 2 rings (SSSR count).